The zero-order valence-corrected chi connectivity index (χ0v) is 11.5. The van der Waals surface area contributed by atoms with Crippen LogP contribution in [-0.4, -0.2) is 22.8 Å². The number of hydrogen-bond donors (Lipinski definition) is 1. The van der Waals surface area contributed by atoms with Crippen LogP contribution < -0.4 is 15.2 Å². The molecule has 1 aliphatic rings. The molecule has 0 saturated carbocycles. The summed E-state index contributed by atoms with van der Waals surface area (Å²) in [5.41, 5.74) is 9.03. The lowest BCUT2D eigenvalue weighted by atomic mass is 10.2. The van der Waals surface area contributed by atoms with Crippen molar-refractivity contribution < 1.29 is 9.47 Å². The van der Waals surface area contributed by atoms with E-state index in [0.717, 1.165) is 22.5 Å². The van der Waals surface area contributed by atoms with Gasteiger partial charge in [0.1, 0.15) is 13.2 Å². The first-order valence-electron chi connectivity index (χ1n) is 6.90. The van der Waals surface area contributed by atoms with Gasteiger partial charge in [-0.25, -0.2) is 4.98 Å². The van der Waals surface area contributed by atoms with E-state index in [2.05, 4.69) is 17.1 Å². The third-order valence-corrected chi connectivity index (χ3v) is 3.63. The first-order chi connectivity index (χ1) is 10.3. The summed E-state index contributed by atoms with van der Waals surface area (Å²) in [6.45, 7) is 1.82. The SMILES string of the molecule is Nc1nc2cc3c(cc2n1Cc1ccccc1)OCCO3. The van der Waals surface area contributed by atoms with Gasteiger partial charge in [0.05, 0.1) is 17.6 Å². The van der Waals surface area contributed by atoms with Crippen molar-refractivity contribution in [2.75, 3.05) is 18.9 Å². The number of hydrogen-bond acceptors (Lipinski definition) is 4. The van der Waals surface area contributed by atoms with Crippen molar-refractivity contribution >= 4 is 17.0 Å². The van der Waals surface area contributed by atoms with Crippen molar-refractivity contribution in [3.8, 4) is 11.5 Å². The number of nitrogens with zero attached hydrogens (tertiary/aromatic N) is 2. The van der Waals surface area contributed by atoms with Crippen LogP contribution in [0, 0.1) is 0 Å². The number of aromatic nitrogens is 2. The molecule has 21 heavy (non-hydrogen) atoms. The highest BCUT2D eigenvalue weighted by Crippen LogP contribution is 2.35. The topological polar surface area (TPSA) is 62.3 Å². The van der Waals surface area contributed by atoms with Gasteiger partial charge in [0.2, 0.25) is 5.95 Å². The van der Waals surface area contributed by atoms with Crippen molar-refractivity contribution in [1.82, 2.24) is 9.55 Å². The van der Waals surface area contributed by atoms with Crippen LogP contribution in [0.2, 0.25) is 0 Å². The fourth-order valence-corrected chi connectivity index (χ4v) is 2.61. The molecule has 5 heteroatoms. The van der Waals surface area contributed by atoms with E-state index in [1.165, 1.54) is 5.56 Å². The Kier molecular flexibility index (Phi) is 2.70. The molecule has 0 saturated heterocycles. The van der Waals surface area contributed by atoms with Gasteiger partial charge in [0.25, 0.3) is 0 Å². The number of imidazole rings is 1. The molecule has 2 aromatic carbocycles. The van der Waals surface area contributed by atoms with E-state index in [1.807, 2.05) is 34.9 Å². The lowest BCUT2D eigenvalue weighted by Crippen LogP contribution is -2.15. The summed E-state index contributed by atoms with van der Waals surface area (Å²) in [6.07, 6.45) is 0. The Morgan fingerprint density at radius 1 is 1.05 bits per heavy atom. The number of fused-ring (bicyclic) bond motifs is 2. The summed E-state index contributed by atoms with van der Waals surface area (Å²) in [4.78, 5) is 4.42. The fourth-order valence-electron chi connectivity index (χ4n) is 2.61. The second-order valence-electron chi connectivity index (χ2n) is 5.03. The van der Waals surface area contributed by atoms with Gasteiger partial charge in [0.15, 0.2) is 11.5 Å². The molecule has 0 spiro atoms. The molecule has 0 amide bonds. The highest BCUT2D eigenvalue weighted by Gasteiger charge is 2.17. The fraction of sp³-hybridized carbons (Fsp3) is 0.188. The van der Waals surface area contributed by atoms with Crippen molar-refractivity contribution in [3.05, 3.63) is 48.0 Å². The van der Waals surface area contributed by atoms with Gasteiger partial charge in [-0.3, -0.25) is 0 Å². The van der Waals surface area contributed by atoms with E-state index in [4.69, 9.17) is 15.2 Å². The molecule has 0 unspecified atom stereocenters. The van der Waals surface area contributed by atoms with Crippen LogP contribution in [0.4, 0.5) is 5.95 Å². The molecule has 0 radical (unpaired) electrons. The Morgan fingerprint density at radius 3 is 2.52 bits per heavy atom. The zero-order valence-electron chi connectivity index (χ0n) is 11.5. The van der Waals surface area contributed by atoms with Gasteiger partial charge < -0.3 is 19.8 Å². The summed E-state index contributed by atoms with van der Waals surface area (Å²) in [5, 5.41) is 0. The lowest BCUT2D eigenvalue weighted by Gasteiger charge is -2.18. The summed E-state index contributed by atoms with van der Waals surface area (Å²) >= 11 is 0. The van der Waals surface area contributed by atoms with E-state index in [1.54, 1.807) is 0 Å². The van der Waals surface area contributed by atoms with Gasteiger partial charge in [-0.1, -0.05) is 30.3 Å². The number of anilines is 1. The van der Waals surface area contributed by atoms with Crippen LogP contribution >= 0.6 is 0 Å². The molecule has 1 aliphatic heterocycles. The average Bonchev–Trinajstić information content (AvgIpc) is 2.81. The first-order valence-corrected chi connectivity index (χ1v) is 6.90. The maximum absolute atomic E-state index is 6.07. The zero-order chi connectivity index (χ0) is 14.2. The molecule has 0 bridgehead atoms. The van der Waals surface area contributed by atoms with Crippen LogP contribution in [0.15, 0.2) is 42.5 Å². The number of benzene rings is 2. The minimum Gasteiger partial charge on any atom is -0.486 e. The van der Waals surface area contributed by atoms with Crippen LogP contribution in [0.3, 0.4) is 0 Å². The molecule has 106 valence electrons. The summed E-state index contributed by atoms with van der Waals surface area (Å²) in [7, 11) is 0. The van der Waals surface area contributed by atoms with E-state index in [-0.39, 0.29) is 0 Å². The standard InChI is InChI=1S/C16H15N3O2/c17-16-18-12-8-14-15(21-7-6-20-14)9-13(12)19(16)10-11-4-2-1-3-5-11/h1-5,8-9H,6-7,10H2,(H2,17,18). The Bertz CT molecular complexity index is 796. The van der Waals surface area contributed by atoms with Gasteiger partial charge in [-0.2, -0.15) is 0 Å². The molecule has 0 aliphatic carbocycles. The molecule has 4 rings (SSSR count). The van der Waals surface area contributed by atoms with Crippen LogP contribution in [-0.2, 0) is 6.54 Å². The molecule has 5 nitrogen and oxygen atoms in total. The van der Waals surface area contributed by atoms with Gasteiger partial charge in [-0.15, -0.1) is 0 Å². The maximum atomic E-state index is 6.07. The molecule has 0 fully saturated rings. The van der Waals surface area contributed by atoms with Gasteiger partial charge >= 0.3 is 0 Å². The minimum absolute atomic E-state index is 0.496. The summed E-state index contributed by atoms with van der Waals surface area (Å²) in [5.74, 6) is 1.98. The van der Waals surface area contributed by atoms with Crippen molar-refractivity contribution in [1.29, 1.82) is 0 Å². The monoisotopic (exact) mass is 281 g/mol. The predicted octanol–water partition coefficient (Wildman–Crippen LogP) is 2.44. The third kappa shape index (κ3) is 2.07. The molecular formula is C16H15N3O2. The van der Waals surface area contributed by atoms with Crippen LogP contribution in [0.25, 0.3) is 11.0 Å². The predicted molar refractivity (Wildman–Crippen MR) is 80.7 cm³/mol. The number of ether oxygens (including phenoxy) is 2. The second-order valence-corrected chi connectivity index (χ2v) is 5.03. The van der Waals surface area contributed by atoms with Crippen LogP contribution in [0.1, 0.15) is 5.56 Å². The van der Waals surface area contributed by atoms with E-state index < -0.39 is 0 Å². The van der Waals surface area contributed by atoms with E-state index >= 15 is 0 Å². The normalized spacial score (nSPS) is 13.5. The van der Waals surface area contributed by atoms with Gasteiger partial charge in [0, 0.05) is 12.1 Å². The number of nitrogens with two attached hydrogens (primary N) is 1. The lowest BCUT2D eigenvalue weighted by molar-refractivity contribution is 0.172. The molecule has 2 N–H and O–H groups in total. The molecule has 1 aromatic heterocycles. The van der Waals surface area contributed by atoms with Crippen LogP contribution in [0.5, 0.6) is 11.5 Å². The smallest absolute Gasteiger partial charge is 0.201 e. The Labute approximate surface area is 121 Å². The molecular weight excluding hydrogens is 266 g/mol. The van der Waals surface area contributed by atoms with Gasteiger partial charge in [-0.05, 0) is 5.56 Å². The van der Waals surface area contributed by atoms with Crippen molar-refractivity contribution in [2.24, 2.45) is 0 Å². The maximum Gasteiger partial charge on any atom is 0.201 e. The molecule has 3 aromatic rings. The summed E-state index contributed by atoms with van der Waals surface area (Å²) in [6, 6.07) is 14.0. The van der Waals surface area contributed by atoms with E-state index in [9.17, 15) is 0 Å². The quantitative estimate of drug-likeness (QED) is 0.783. The largest absolute Gasteiger partial charge is 0.486 e. The summed E-state index contributed by atoms with van der Waals surface area (Å²) < 4.78 is 13.2. The van der Waals surface area contributed by atoms with Crippen molar-refractivity contribution in [2.45, 2.75) is 6.54 Å². The highest BCUT2D eigenvalue weighted by atomic mass is 16.6. The average molecular weight is 281 g/mol. The van der Waals surface area contributed by atoms with Crippen molar-refractivity contribution in [3.63, 3.8) is 0 Å². The third-order valence-electron chi connectivity index (χ3n) is 3.63. The Hall–Kier alpha value is -2.69. The Balaban J connectivity index is 1.83. The minimum atomic E-state index is 0.496. The van der Waals surface area contributed by atoms with E-state index in [0.29, 0.717) is 25.7 Å². The second kappa shape index (κ2) is 4.70. The number of rotatable bonds is 2. The molecule has 0 atom stereocenters. The number of nitrogen functional groups attached to an aromatic ring is 1. The highest BCUT2D eigenvalue weighted by molar-refractivity contribution is 5.82. The molecule has 2 heterocycles. The Morgan fingerprint density at radius 2 is 1.76 bits per heavy atom. The first kappa shape index (κ1) is 12.1.